The van der Waals surface area contributed by atoms with Gasteiger partial charge in [-0.05, 0) is 6.07 Å². The van der Waals surface area contributed by atoms with Gasteiger partial charge in [0.1, 0.15) is 13.2 Å². The smallest absolute Gasteiger partial charge is 0.398 e. The maximum atomic E-state index is 11.7. The molecule has 1 aromatic rings. The Bertz CT molecular complexity index is 393. The van der Waals surface area contributed by atoms with Crippen LogP contribution in [0.25, 0.3) is 0 Å². The van der Waals surface area contributed by atoms with E-state index in [2.05, 4.69) is 9.72 Å². The molecule has 0 saturated heterocycles. The van der Waals surface area contributed by atoms with Crippen molar-refractivity contribution in [3.8, 4) is 0 Å². The fourth-order valence-corrected chi connectivity index (χ4v) is 1.13. The third-order valence-corrected chi connectivity index (χ3v) is 1.86. The molecule has 94 valence electrons. The summed E-state index contributed by atoms with van der Waals surface area (Å²) < 4.78 is 39.4. The third kappa shape index (κ3) is 5.30. The zero-order valence-electron chi connectivity index (χ0n) is 8.83. The number of hydrogen-bond donors (Lipinski definition) is 1. The van der Waals surface area contributed by atoms with Crippen LogP contribution in [0.3, 0.4) is 0 Å². The van der Waals surface area contributed by atoms with Crippen LogP contribution in [-0.2, 0) is 16.0 Å². The lowest BCUT2D eigenvalue weighted by Crippen LogP contribution is -2.21. The van der Waals surface area contributed by atoms with E-state index in [9.17, 15) is 18.0 Å². The second-order valence-electron chi connectivity index (χ2n) is 3.40. The lowest BCUT2D eigenvalue weighted by Gasteiger charge is -2.07. The molecule has 0 aliphatic heterocycles. The normalized spacial score (nSPS) is 11.5. The van der Waals surface area contributed by atoms with Crippen molar-refractivity contribution in [2.75, 3.05) is 18.9 Å². The molecule has 2 N–H and O–H groups in total. The monoisotopic (exact) mass is 248 g/mol. The van der Waals surface area contributed by atoms with Crippen molar-refractivity contribution >= 4 is 11.5 Å². The topological polar surface area (TPSA) is 65.2 Å². The van der Waals surface area contributed by atoms with Crippen molar-refractivity contribution in [3.05, 3.63) is 24.0 Å². The average Bonchev–Trinajstić information content (AvgIpc) is 2.19. The van der Waals surface area contributed by atoms with E-state index in [0.29, 0.717) is 11.3 Å². The average molecular weight is 248 g/mol. The van der Waals surface area contributed by atoms with Gasteiger partial charge < -0.3 is 10.5 Å². The van der Waals surface area contributed by atoms with Crippen LogP contribution in [-0.4, -0.2) is 30.2 Å². The first kappa shape index (κ1) is 13.4. The molecule has 0 radical (unpaired) electrons. The molecule has 0 aliphatic carbocycles. The third-order valence-electron chi connectivity index (χ3n) is 1.86. The summed E-state index contributed by atoms with van der Waals surface area (Å²) in [7, 11) is 0. The predicted octanol–water partition coefficient (Wildman–Crippen LogP) is 1.35. The number of anilines is 1. The number of Topliss-reactive ketones (excluding diaryl/α,β-unsaturated/α-hetero) is 1. The summed E-state index contributed by atoms with van der Waals surface area (Å²) in [5.74, 6) is -0.478. The standard InChI is InChI=1S/C10H11F3N2O2/c11-10(12,13)6-17-5-8(16)3-7-4-15-2-1-9(7)14/h1-2,4H,3,5-6H2,(H2,14,15). The Morgan fingerprint density at radius 3 is 2.76 bits per heavy atom. The van der Waals surface area contributed by atoms with Gasteiger partial charge in [-0.1, -0.05) is 0 Å². The molecule has 4 nitrogen and oxygen atoms in total. The van der Waals surface area contributed by atoms with Crippen LogP contribution in [0, 0.1) is 0 Å². The Morgan fingerprint density at radius 1 is 1.47 bits per heavy atom. The van der Waals surface area contributed by atoms with Gasteiger partial charge in [-0.2, -0.15) is 13.2 Å². The molecule has 0 saturated carbocycles. The number of halogens is 3. The number of aromatic nitrogens is 1. The Labute approximate surface area is 95.6 Å². The SMILES string of the molecule is Nc1ccncc1CC(=O)COCC(F)(F)F. The largest absolute Gasteiger partial charge is 0.411 e. The molecule has 0 aromatic carbocycles. The molecule has 0 atom stereocenters. The molecule has 0 amide bonds. The van der Waals surface area contributed by atoms with E-state index >= 15 is 0 Å². The molecule has 1 rings (SSSR count). The molecule has 0 unspecified atom stereocenters. The van der Waals surface area contributed by atoms with Crippen LogP contribution in [0.15, 0.2) is 18.5 Å². The van der Waals surface area contributed by atoms with E-state index in [1.807, 2.05) is 0 Å². The Kier molecular flexibility index (Phi) is 4.45. The van der Waals surface area contributed by atoms with E-state index < -0.39 is 25.2 Å². The van der Waals surface area contributed by atoms with Gasteiger partial charge in [-0.15, -0.1) is 0 Å². The van der Waals surface area contributed by atoms with Gasteiger partial charge in [-0.25, -0.2) is 0 Å². The Hall–Kier alpha value is -1.63. The van der Waals surface area contributed by atoms with Gasteiger partial charge in [0.2, 0.25) is 0 Å². The number of carbonyl (C=O) groups excluding carboxylic acids is 1. The summed E-state index contributed by atoms with van der Waals surface area (Å²) >= 11 is 0. The highest BCUT2D eigenvalue weighted by molar-refractivity contribution is 5.83. The second kappa shape index (κ2) is 5.62. The molecule has 0 spiro atoms. The molecule has 7 heteroatoms. The second-order valence-corrected chi connectivity index (χ2v) is 3.40. The number of rotatable bonds is 5. The first-order chi connectivity index (χ1) is 7.88. The number of ether oxygens (including phenoxy) is 1. The van der Waals surface area contributed by atoms with Crippen molar-refractivity contribution in [1.29, 1.82) is 0 Å². The lowest BCUT2D eigenvalue weighted by atomic mass is 10.1. The van der Waals surface area contributed by atoms with Gasteiger partial charge in [0.15, 0.2) is 5.78 Å². The Balaban J connectivity index is 2.38. The zero-order chi connectivity index (χ0) is 12.9. The fraction of sp³-hybridized carbons (Fsp3) is 0.400. The van der Waals surface area contributed by atoms with E-state index in [1.165, 1.54) is 18.5 Å². The van der Waals surface area contributed by atoms with Crippen LogP contribution >= 0.6 is 0 Å². The predicted molar refractivity (Wildman–Crippen MR) is 54.2 cm³/mol. The van der Waals surface area contributed by atoms with Crippen LogP contribution in [0.1, 0.15) is 5.56 Å². The number of nitrogen functional groups attached to an aromatic ring is 1. The molecule has 17 heavy (non-hydrogen) atoms. The van der Waals surface area contributed by atoms with Crippen molar-refractivity contribution in [2.24, 2.45) is 0 Å². The summed E-state index contributed by atoms with van der Waals surface area (Å²) in [4.78, 5) is 15.0. The molecule has 0 fully saturated rings. The first-order valence-corrected chi connectivity index (χ1v) is 4.73. The summed E-state index contributed by atoms with van der Waals surface area (Å²) in [6.07, 6.45) is -1.65. The van der Waals surface area contributed by atoms with Gasteiger partial charge in [0.25, 0.3) is 0 Å². The molecule has 0 aliphatic rings. The minimum absolute atomic E-state index is 0.0858. The number of ketones is 1. The van der Waals surface area contributed by atoms with E-state index in [0.717, 1.165) is 0 Å². The number of nitrogens with two attached hydrogens (primary N) is 1. The lowest BCUT2D eigenvalue weighted by molar-refractivity contribution is -0.175. The van der Waals surface area contributed by atoms with Gasteiger partial charge in [-0.3, -0.25) is 9.78 Å². The van der Waals surface area contributed by atoms with E-state index in [4.69, 9.17) is 5.73 Å². The number of alkyl halides is 3. The zero-order valence-corrected chi connectivity index (χ0v) is 8.83. The van der Waals surface area contributed by atoms with Crippen molar-refractivity contribution in [2.45, 2.75) is 12.6 Å². The molecular formula is C10H11F3N2O2. The van der Waals surface area contributed by atoms with E-state index in [-0.39, 0.29) is 6.42 Å². The quantitative estimate of drug-likeness (QED) is 0.854. The summed E-state index contributed by atoms with van der Waals surface area (Å²) in [6, 6.07) is 1.51. The summed E-state index contributed by atoms with van der Waals surface area (Å²) in [5.41, 5.74) is 6.41. The molecule has 1 heterocycles. The number of hydrogen-bond acceptors (Lipinski definition) is 4. The van der Waals surface area contributed by atoms with Crippen molar-refractivity contribution < 1.29 is 22.7 Å². The van der Waals surface area contributed by atoms with Crippen LogP contribution < -0.4 is 5.73 Å². The molecular weight excluding hydrogens is 237 g/mol. The number of pyridine rings is 1. The maximum absolute atomic E-state index is 11.7. The highest BCUT2D eigenvalue weighted by atomic mass is 19.4. The van der Waals surface area contributed by atoms with Crippen molar-refractivity contribution in [1.82, 2.24) is 4.98 Å². The minimum Gasteiger partial charge on any atom is -0.398 e. The fourth-order valence-electron chi connectivity index (χ4n) is 1.13. The van der Waals surface area contributed by atoms with Crippen molar-refractivity contribution in [3.63, 3.8) is 0 Å². The maximum Gasteiger partial charge on any atom is 0.411 e. The van der Waals surface area contributed by atoms with Crippen LogP contribution in [0.4, 0.5) is 18.9 Å². The molecule has 0 bridgehead atoms. The Morgan fingerprint density at radius 2 is 2.18 bits per heavy atom. The minimum atomic E-state index is -4.42. The number of carbonyl (C=O) groups is 1. The number of nitrogens with zero attached hydrogens (tertiary/aromatic N) is 1. The van der Waals surface area contributed by atoms with E-state index in [1.54, 1.807) is 0 Å². The van der Waals surface area contributed by atoms with Gasteiger partial charge in [0.05, 0.1) is 0 Å². The first-order valence-electron chi connectivity index (χ1n) is 4.73. The summed E-state index contributed by atoms with van der Waals surface area (Å²) in [5, 5.41) is 0. The summed E-state index contributed by atoms with van der Waals surface area (Å²) in [6.45, 7) is -2.02. The molecule has 1 aromatic heterocycles. The van der Waals surface area contributed by atoms with Gasteiger partial charge >= 0.3 is 6.18 Å². The highest BCUT2D eigenvalue weighted by Gasteiger charge is 2.27. The van der Waals surface area contributed by atoms with Crippen LogP contribution in [0.2, 0.25) is 0 Å². The highest BCUT2D eigenvalue weighted by Crippen LogP contribution is 2.14. The van der Waals surface area contributed by atoms with Gasteiger partial charge in [0, 0.05) is 30.1 Å². The van der Waals surface area contributed by atoms with Crippen LogP contribution in [0.5, 0.6) is 0 Å².